The molecule has 2 aromatic carbocycles. The second-order valence-corrected chi connectivity index (χ2v) is 18.0. The van der Waals surface area contributed by atoms with Gasteiger partial charge in [-0.1, -0.05) is 18.2 Å². The van der Waals surface area contributed by atoms with Gasteiger partial charge in [0.05, 0.1) is 12.2 Å². The number of nitrogens with zero attached hydrogens (tertiary/aromatic N) is 5. The van der Waals surface area contributed by atoms with Crippen LogP contribution in [-0.2, 0) is 16.0 Å². The average molecular weight is 888 g/mol. The van der Waals surface area contributed by atoms with E-state index in [1.54, 1.807) is 17.0 Å². The Kier molecular flexibility index (Phi) is 13.9. The first kappa shape index (κ1) is 41.6. The van der Waals surface area contributed by atoms with Crippen molar-refractivity contribution in [2.75, 3.05) is 83.0 Å². The van der Waals surface area contributed by atoms with Crippen LogP contribution in [0.15, 0.2) is 45.3 Å². The molecule has 6 N–H and O–H groups in total. The van der Waals surface area contributed by atoms with Crippen LogP contribution in [0.5, 0.6) is 0 Å². The third-order valence-electron chi connectivity index (χ3n) is 11.7. The second-order valence-electron chi connectivity index (χ2n) is 16.3. The molecular weight excluding hydrogens is 830 g/mol. The van der Waals surface area contributed by atoms with Crippen LogP contribution < -0.4 is 22.1 Å². The third-order valence-corrected chi connectivity index (χ3v) is 13.0. The Morgan fingerprint density at radius 2 is 1.53 bits per heavy atom. The van der Waals surface area contributed by atoms with Gasteiger partial charge in [-0.2, -0.15) is 0 Å². The van der Waals surface area contributed by atoms with E-state index in [4.69, 9.17) is 11.5 Å². The third kappa shape index (κ3) is 11.1. The summed E-state index contributed by atoms with van der Waals surface area (Å²) in [7, 11) is 0. The number of hydrogen-bond acceptors (Lipinski definition) is 9. The van der Waals surface area contributed by atoms with Crippen LogP contribution in [0.4, 0.5) is 16.2 Å². The minimum atomic E-state index is -1.03. The number of ketones is 1. The van der Waals surface area contributed by atoms with E-state index < -0.39 is 6.04 Å². The van der Waals surface area contributed by atoms with E-state index in [0.717, 1.165) is 82.7 Å². The van der Waals surface area contributed by atoms with Gasteiger partial charge < -0.3 is 36.8 Å². The van der Waals surface area contributed by atoms with E-state index in [1.807, 2.05) is 29.2 Å². The molecule has 300 valence electrons. The first-order valence-electron chi connectivity index (χ1n) is 19.7. The highest BCUT2D eigenvalue weighted by Crippen LogP contribution is 2.31. The quantitative estimate of drug-likeness (QED) is 0.182. The Morgan fingerprint density at radius 1 is 0.891 bits per heavy atom. The number of nitrogen functional groups attached to an aromatic ring is 1. The molecule has 1 atom stereocenters. The van der Waals surface area contributed by atoms with Crippen molar-refractivity contribution < 1.29 is 19.2 Å². The van der Waals surface area contributed by atoms with E-state index in [1.165, 1.54) is 0 Å². The molecule has 3 saturated heterocycles. The number of carbonyl (C=O) groups is 4. The van der Waals surface area contributed by atoms with Gasteiger partial charge in [0.1, 0.15) is 6.04 Å². The number of Topliss-reactive ketones (excluding diaryl/α,β-unsaturated/α-hetero) is 1. The molecule has 2 aromatic rings. The number of likely N-dealkylation sites (tertiary alicyclic amines) is 2. The summed E-state index contributed by atoms with van der Waals surface area (Å²) >= 11 is 6.84. The minimum Gasteiger partial charge on any atom is -0.397 e. The predicted octanol–water partition coefficient (Wildman–Crippen LogP) is 4.14. The normalized spacial score (nSPS) is 20.4. The number of piperazine rings is 1. The lowest BCUT2D eigenvalue weighted by Crippen LogP contribution is -2.56. The summed E-state index contributed by atoms with van der Waals surface area (Å²) in [5.74, 6) is -0.825. The maximum atomic E-state index is 14.2. The van der Waals surface area contributed by atoms with E-state index >= 15 is 0 Å². The highest BCUT2D eigenvalue weighted by atomic mass is 79.9. The number of carbonyl (C=O) groups excluding carboxylic acids is 4. The summed E-state index contributed by atoms with van der Waals surface area (Å²) in [6, 6.07) is 10.5. The van der Waals surface area contributed by atoms with Crippen LogP contribution in [0.2, 0.25) is 0 Å². The number of amides is 4. The lowest BCUT2D eigenvalue weighted by molar-refractivity contribution is -0.138. The number of nitrogens with one attached hydrogen (secondary N) is 2. The van der Waals surface area contributed by atoms with E-state index in [-0.39, 0.29) is 48.2 Å². The van der Waals surface area contributed by atoms with Crippen LogP contribution in [0, 0.1) is 0 Å². The largest absolute Gasteiger partial charge is 0.397 e. The van der Waals surface area contributed by atoms with Crippen molar-refractivity contribution in [1.82, 2.24) is 29.8 Å². The fourth-order valence-corrected chi connectivity index (χ4v) is 9.48. The van der Waals surface area contributed by atoms with Gasteiger partial charge in [-0.25, -0.2) is 4.79 Å². The predicted molar refractivity (Wildman–Crippen MR) is 223 cm³/mol. The average Bonchev–Trinajstić information content (AvgIpc) is 3.33. The molecule has 0 radical (unpaired) electrons. The molecule has 4 aliphatic heterocycles. The number of nitrogens with two attached hydrogens (primary N) is 2. The Bertz CT molecular complexity index is 1670. The summed E-state index contributed by atoms with van der Waals surface area (Å²) in [6.45, 7) is 12.6. The van der Waals surface area contributed by atoms with E-state index in [9.17, 15) is 19.2 Å². The molecule has 0 bridgehead atoms. The van der Waals surface area contributed by atoms with Crippen LogP contribution in [0.1, 0.15) is 68.3 Å². The highest BCUT2D eigenvalue weighted by molar-refractivity contribution is 9.11. The molecule has 4 amide bonds. The molecule has 4 aliphatic rings. The van der Waals surface area contributed by atoms with E-state index in [0.29, 0.717) is 58.7 Å². The van der Waals surface area contributed by atoms with Crippen molar-refractivity contribution in [3.8, 4) is 0 Å². The summed E-state index contributed by atoms with van der Waals surface area (Å²) < 4.78 is 1.14. The van der Waals surface area contributed by atoms with Crippen LogP contribution in [0.25, 0.3) is 0 Å². The standard InChI is InChI=1S/C40H57Br2N9O4/c1-40(2,44)12-18-47-19-21-49(22-20-47)29-8-13-48(14-9-29)26-36(53)45-34(25-35(52)28-23-31(41)37(43)32(42)24-28)38(54)50-15-10-30(11-16-50)51-17-7-27-5-3-4-6-33(27)46-39(51)55/h3-6,23-24,29-30,34H,7-22,25-26,43-44H2,1-2H3,(H,45,53)(H,46,55)/t34-/m0/s1. The number of fused-ring (bicyclic) bond motifs is 1. The summed E-state index contributed by atoms with van der Waals surface area (Å²) in [5, 5.41) is 6.01. The number of benzene rings is 2. The lowest BCUT2D eigenvalue weighted by atomic mass is 9.99. The number of halogens is 2. The number of rotatable bonds is 12. The molecule has 15 heteroatoms. The maximum Gasteiger partial charge on any atom is 0.322 e. The Morgan fingerprint density at radius 3 is 2.18 bits per heavy atom. The number of para-hydroxylation sites is 1. The molecule has 0 saturated carbocycles. The molecule has 0 aliphatic carbocycles. The van der Waals surface area contributed by atoms with Crippen molar-refractivity contribution >= 4 is 66.9 Å². The van der Waals surface area contributed by atoms with E-state index in [2.05, 4.69) is 71.0 Å². The Labute approximate surface area is 342 Å². The zero-order valence-corrected chi connectivity index (χ0v) is 35.4. The van der Waals surface area contributed by atoms with Crippen LogP contribution >= 0.6 is 31.9 Å². The SMILES string of the molecule is CC(C)(N)CCN1CCN(C2CCN(CC(=O)N[C@@H](CC(=O)c3cc(Br)c(N)c(Br)c3)C(=O)N3CCC(N4CCc5ccccc5NC4=O)CC3)CC2)CC1. The zero-order chi connectivity index (χ0) is 39.3. The highest BCUT2D eigenvalue weighted by Gasteiger charge is 2.36. The first-order valence-corrected chi connectivity index (χ1v) is 21.3. The lowest BCUT2D eigenvalue weighted by Gasteiger charge is -2.43. The van der Waals surface area contributed by atoms with Gasteiger partial charge in [0.2, 0.25) is 11.8 Å². The van der Waals surface area contributed by atoms with Gasteiger partial charge in [-0.05, 0) is 115 Å². The van der Waals surface area contributed by atoms with Gasteiger partial charge in [0, 0.05) is 103 Å². The van der Waals surface area contributed by atoms with Crippen molar-refractivity contribution in [2.24, 2.45) is 5.73 Å². The molecule has 13 nitrogen and oxygen atoms in total. The molecule has 0 aromatic heterocycles. The van der Waals surface area contributed by atoms with Gasteiger partial charge in [-0.3, -0.25) is 24.2 Å². The fourth-order valence-electron chi connectivity index (χ4n) is 8.29. The smallest absolute Gasteiger partial charge is 0.322 e. The van der Waals surface area contributed by atoms with Crippen LogP contribution in [-0.4, -0.2) is 144 Å². The molecule has 3 fully saturated rings. The summed E-state index contributed by atoms with van der Waals surface area (Å²) in [4.78, 5) is 65.5. The van der Waals surface area contributed by atoms with Gasteiger partial charge >= 0.3 is 6.03 Å². The summed E-state index contributed by atoms with van der Waals surface area (Å²) in [6.07, 6.45) is 4.75. The number of urea groups is 1. The fraction of sp³-hybridized carbons (Fsp3) is 0.600. The second kappa shape index (κ2) is 18.5. The molecule has 55 heavy (non-hydrogen) atoms. The topological polar surface area (TPSA) is 161 Å². The van der Waals surface area contributed by atoms with Crippen molar-refractivity contribution in [2.45, 2.75) is 82.5 Å². The van der Waals surface area contributed by atoms with Crippen LogP contribution in [0.3, 0.4) is 0 Å². The molecule has 0 unspecified atom stereocenters. The summed E-state index contributed by atoms with van der Waals surface area (Å²) in [5.41, 5.74) is 14.9. The van der Waals surface area contributed by atoms with Gasteiger partial charge in [-0.15, -0.1) is 0 Å². The zero-order valence-electron chi connectivity index (χ0n) is 32.2. The molecular formula is C40H57Br2N9O4. The molecule has 6 rings (SSSR count). The van der Waals surface area contributed by atoms with Gasteiger partial charge in [0.15, 0.2) is 5.78 Å². The van der Waals surface area contributed by atoms with Crippen molar-refractivity contribution in [3.05, 3.63) is 56.5 Å². The number of anilines is 2. The minimum absolute atomic E-state index is 0.0205. The maximum absolute atomic E-state index is 14.2. The Balaban J connectivity index is 1.03. The van der Waals surface area contributed by atoms with Crippen molar-refractivity contribution in [1.29, 1.82) is 0 Å². The first-order chi connectivity index (χ1) is 26.2. The number of hydrogen-bond donors (Lipinski definition) is 4. The molecule has 4 heterocycles. The van der Waals surface area contributed by atoms with Crippen molar-refractivity contribution in [3.63, 3.8) is 0 Å². The van der Waals surface area contributed by atoms with Gasteiger partial charge in [0.25, 0.3) is 0 Å². The molecule has 0 spiro atoms. The number of piperidine rings is 2. The monoisotopic (exact) mass is 885 g/mol. The Hall–Kier alpha value is -3.08.